The van der Waals surface area contributed by atoms with Crippen LogP contribution in [-0.4, -0.2) is 28.7 Å². The number of rotatable bonds is 9. The Labute approximate surface area is 331 Å². The SMILES string of the molecule is c1cc(-c2ccc(-c3nc(-c4ccc(-c5cccc(-n6cccc6)c5)cc4)nc(-c4ccc(-c5cccc(-n6cccc6)c5)cc4)n3)cc2)cc(-n2cccc2)c1. The summed E-state index contributed by atoms with van der Waals surface area (Å²) in [6.45, 7) is 0. The fourth-order valence-corrected chi connectivity index (χ4v) is 7.26. The van der Waals surface area contributed by atoms with E-state index in [0.29, 0.717) is 17.5 Å². The summed E-state index contributed by atoms with van der Waals surface area (Å²) in [5, 5.41) is 0. The third-order valence-corrected chi connectivity index (χ3v) is 10.3. The van der Waals surface area contributed by atoms with Crippen LogP contribution in [0.15, 0.2) is 219 Å². The monoisotopic (exact) mass is 732 g/mol. The molecule has 6 aromatic carbocycles. The summed E-state index contributed by atoms with van der Waals surface area (Å²) in [5.41, 5.74) is 12.9. The molecule has 0 saturated carbocycles. The first-order valence-corrected chi connectivity index (χ1v) is 19.0. The smallest absolute Gasteiger partial charge is 0.164 e. The first-order chi connectivity index (χ1) is 28.2. The van der Waals surface area contributed by atoms with Gasteiger partial charge in [0.2, 0.25) is 0 Å². The van der Waals surface area contributed by atoms with Gasteiger partial charge in [0.1, 0.15) is 0 Å². The van der Waals surface area contributed by atoms with E-state index in [-0.39, 0.29) is 0 Å². The van der Waals surface area contributed by atoms with Crippen molar-refractivity contribution in [2.24, 2.45) is 0 Å². The molecule has 0 saturated heterocycles. The first kappa shape index (κ1) is 33.7. The number of hydrogen-bond acceptors (Lipinski definition) is 3. The molecule has 4 heterocycles. The number of aromatic nitrogens is 6. The van der Waals surface area contributed by atoms with Gasteiger partial charge in [0.25, 0.3) is 0 Å². The summed E-state index contributed by atoms with van der Waals surface area (Å²) >= 11 is 0. The molecule has 0 amide bonds. The Bertz CT molecular complexity index is 2570. The standard InChI is InChI=1S/C51H36N6/c1-2-29-55(28-1)46-13-7-10-43(34-46)37-16-22-40(23-17-37)49-52-50(41-24-18-38(19-25-41)44-11-8-14-47(35-44)56-30-3-4-31-56)54-51(53-49)42-26-20-39(21-27-42)45-12-9-15-48(36-45)57-32-5-6-33-57/h1-36H. The van der Waals surface area contributed by atoms with Crippen LogP contribution in [0.5, 0.6) is 0 Å². The minimum absolute atomic E-state index is 0.620. The number of nitrogens with zero attached hydrogens (tertiary/aromatic N) is 6. The molecule has 0 aliphatic heterocycles. The molecule has 0 atom stereocenters. The van der Waals surface area contributed by atoms with Crippen molar-refractivity contribution in [1.29, 1.82) is 0 Å². The molecule has 6 heteroatoms. The second kappa shape index (κ2) is 14.8. The number of hydrogen-bond donors (Lipinski definition) is 0. The molecule has 10 aromatic rings. The van der Waals surface area contributed by atoms with Crippen molar-refractivity contribution >= 4 is 0 Å². The van der Waals surface area contributed by atoms with Gasteiger partial charge in [0, 0.05) is 70.9 Å². The topological polar surface area (TPSA) is 53.5 Å². The van der Waals surface area contributed by atoms with Crippen LogP contribution in [0.3, 0.4) is 0 Å². The van der Waals surface area contributed by atoms with Crippen molar-refractivity contribution in [2.75, 3.05) is 0 Å². The Morgan fingerprint density at radius 1 is 0.228 bits per heavy atom. The van der Waals surface area contributed by atoms with Gasteiger partial charge in [-0.05, 0) is 106 Å². The maximum absolute atomic E-state index is 5.07. The van der Waals surface area contributed by atoms with Crippen LogP contribution in [0.2, 0.25) is 0 Å². The minimum Gasteiger partial charge on any atom is -0.324 e. The molecule has 270 valence electrons. The van der Waals surface area contributed by atoms with Gasteiger partial charge in [0.05, 0.1) is 0 Å². The second-order valence-electron chi connectivity index (χ2n) is 14.0. The Hall–Kier alpha value is -7.83. The normalized spacial score (nSPS) is 11.2. The average molecular weight is 733 g/mol. The van der Waals surface area contributed by atoms with Crippen LogP contribution in [0.1, 0.15) is 0 Å². The van der Waals surface area contributed by atoms with Crippen LogP contribution in [-0.2, 0) is 0 Å². The van der Waals surface area contributed by atoms with Gasteiger partial charge >= 0.3 is 0 Å². The zero-order valence-electron chi connectivity index (χ0n) is 31.0. The lowest BCUT2D eigenvalue weighted by molar-refractivity contribution is 1.07. The third kappa shape index (κ3) is 6.99. The van der Waals surface area contributed by atoms with Gasteiger partial charge in [-0.15, -0.1) is 0 Å². The summed E-state index contributed by atoms with van der Waals surface area (Å²) in [5.74, 6) is 1.86. The molecule has 6 nitrogen and oxygen atoms in total. The van der Waals surface area contributed by atoms with E-state index in [1.54, 1.807) is 0 Å². The molecular weight excluding hydrogens is 697 g/mol. The summed E-state index contributed by atoms with van der Waals surface area (Å²) < 4.78 is 6.35. The van der Waals surface area contributed by atoms with E-state index in [2.05, 4.69) is 196 Å². The van der Waals surface area contributed by atoms with Crippen molar-refractivity contribution in [3.05, 3.63) is 219 Å². The van der Waals surface area contributed by atoms with Crippen LogP contribution < -0.4 is 0 Å². The van der Waals surface area contributed by atoms with Gasteiger partial charge in [0.15, 0.2) is 17.5 Å². The highest BCUT2D eigenvalue weighted by Gasteiger charge is 2.14. The Morgan fingerprint density at radius 2 is 0.474 bits per heavy atom. The Morgan fingerprint density at radius 3 is 0.737 bits per heavy atom. The molecule has 4 aromatic heterocycles. The molecule has 0 aliphatic rings. The van der Waals surface area contributed by atoms with Crippen molar-refractivity contribution in [2.45, 2.75) is 0 Å². The van der Waals surface area contributed by atoms with E-state index in [0.717, 1.165) is 67.1 Å². The quantitative estimate of drug-likeness (QED) is 0.148. The average Bonchev–Trinajstić information content (AvgIpc) is 4.13. The Kier molecular flexibility index (Phi) is 8.74. The van der Waals surface area contributed by atoms with E-state index in [1.807, 2.05) is 36.4 Å². The van der Waals surface area contributed by atoms with Crippen LogP contribution >= 0.6 is 0 Å². The van der Waals surface area contributed by atoms with Gasteiger partial charge < -0.3 is 13.7 Å². The van der Waals surface area contributed by atoms with E-state index in [9.17, 15) is 0 Å². The molecular formula is C51H36N6. The highest BCUT2D eigenvalue weighted by Crippen LogP contribution is 2.31. The first-order valence-electron chi connectivity index (χ1n) is 19.0. The molecule has 0 bridgehead atoms. The minimum atomic E-state index is 0.620. The zero-order valence-corrected chi connectivity index (χ0v) is 31.0. The molecule has 10 rings (SSSR count). The largest absolute Gasteiger partial charge is 0.324 e. The molecule has 0 radical (unpaired) electrons. The highest BCUT2D eigenvalue weighted by molar-refractivity contribution is 5.75. The highest BCUT2D eigenvalue weighted by atomic mass is 15.0. The predicted octanol–water partition coefficient (Wildman–Crippen LogP) is 12.2. The molecule has 0 fully saturated rings. The maximum Gasteiger partial charge on any atom is 0.164 e. The van der Waals surface area contributed by atoms with Crippen LogP contribution in [0, 0.1) is 0 Å². The molecule has 0 spiro atoms. The van der Waals surface area contributed by atoms with Gasteiger partial charge in [-0.3, -0.25) is 0 Å². The fraction of sp³-hybridized carbons (Fsp3) is 0. The summed E-state index contributed by atoms with van der Waals surface area (Å²) in [7, 11) is 0. The van der Waals surface area contributed by atoms with Crippen molar-refractivity contribution in [3.8, 4) is 84.6 Å². The van der Waals surface area contributed by atoms with E-state index >= 15 is 0 Å². The summed E-state index contributed by atoms with van der Waals surface area (Å²) in [6, 6.07) is 63.3. The van der Waals surface area contributed by atoms with E-state index < -0.39 is 0 Å². The Balaban J connectivity index is 1.00. The van der Waals surface area contributed by atoms with Crippen molar-refractivity contribution < 1.29 is 0 Å². The molecule has 0 aliphatic carbocycles. The van der Waals surface area contributed by atoms with Gasteiger partial charge in [-0.25, -0.2) is 15.0 Å². The maximum atomic E-state index is 5.07. The van der Waals surface area contributed by atoms with Crippen molar-refractivity contribution in [3.63, 3.8) is 0 Å². The molecule has 57 heavy (non-hydrogen) atoms. The lowest BCUT2D eigenvalue weighted by Crippen LogP contribution is -2.00. The molecule has 0 unspecified atom stereocenters. The number of benzene rings is 6. The second-order valence-corrected chi connectivity index (χ2v) is 14.0. The molecule has 0 N–H and O–H groups in total. The zero-order chi connectivity index (χ0) is 38.0. The van der Waals surface area contributed by atoms with Crippen LogP contribution in [0.25, 0.3) is 84.6 Å². The lowest BCUT2D eigenvalue weighted by atomic mass is 10.0. The summed E-state index contributed by atoms with van der Waals surface area (Å²) in [6.07, 6.45) is 12.4. The van der Waals surface area contributed by atoms with Gasteiger partial charge in [-0.1, -0.05) is 109 Å². The van der Waals surface area contributed by atoms with Crippen LogP contribution in [0.4, 0.5) is 0 Å². The van der Waals surface area contributed by atoms with Gasteiger partial charge in [-0.2, -0.15) is 0 Å². The predicted molar refractivity (Wildman–Crippen MR) is 230 cm³/mol. The fourth-order valence-electron chi connectivity index (χ4n) is 7.26. The van der Waals surface area contributed by atoms with E-state index in [1.165, 1.54) is 0 Å². The van der Waals surface area contributed by atoms with Crippen molar-refractivity contribution in [1.82, 2.24) is 28.7 Å². The third-order valence-electron chi connectivity index (χ3n) is 10.3. The lowest BCUT2D eigenvalue weighted by Gasteiger charge is -2.11. The summed E-state index contributed by atoms with van der Waals surface area (Å²) in [4.78, 5) is 15.2. The van der Waals surface area contributed by atoms with E-state index in [4.69, 9.17) is 15.0 Å².